The van der Waals surface area contributed by atoms with E-state index >= 15 is 0 Å². The fourth-order valence-electron chi connectivity index (χ4n) is 4.04. The number of hydrogen-bond acceptors (Lipinski definition) is 7. The number of nitrogens with zero attached hydrogens (tertiary/aromatic N) is 5. The highest BCUT2D eigenvalue weighted by molar-refractivity contribution is 5.95. The molecular formula is C34H49N7O2. The summed E-state index contributed by atoms with van der Waals surface area (Å²) in [6, 6.07) is 17.1. The van der Waals surface area contributed by atoms with Crippen LogP contribution in [0.1, 0.15) is 94.9 Å². The highest BCUT2D eigenvalue weighted by atomic mass is 16.5. The van der Waals surface area contributed by atoms with Gasteiger partial charge in [0.2, 0.25) is 0 Å². The Morgan fingerprint density at radius 2 is 1.67 bits per heavy atom. The standard InChI is InChI=1S/C29H35N7O2.C3H8.C2H6/c1-3-4-5-6-7-16-38-25-13-8-10-22(17-25)19-32-29(37)23-11-9-12-24(18-23)31-20-27-34-35-28(36(27)2)26-14-15-30-21-33-26;1-3-2;1-2/h8-15,17-18,21,31H,3-7,16,19-20H2,1-2H3,(H,32,37);3H2,1-2H3;1-2H3. The number of aromatic nitrogens is 5. The van der Waals surface area contributed by atoms with Crippen molar-refractivity contribution in [3.8, 4) is 17.3 Å². The van der Waals surface area contributed by atoms with Gasteiger partial charge in [-0.2, -0.15) is 0 Å². The van der Waals surface area contributed by atoms with Gasteiger partial charge < -0.3 is 19.9 Å². The lowest BCUT2D eigenvalue weighted by Crippen LogP contribution is -2.22. The Balaban J connectivity index is 0.00000121. The van der Waals surface area contributed by atoms with Crippen molar-refractivity contribution in [2.75, 3.05) is 11.9 Å². The Hall–Kier alpha value is -4.27. The molecule has 1 amide bonds. The van der Waals surface area contributed by atoms with Crippen molar-refractivity contribution in [2.24, 2.45) is 7.05 Å². The molecule has 2 aromatic carbocycles. The van der Waals surface area contributed by atoms with Crippen LogP contribution in [0.25, 0.3) is 11.5 Å². The molecule has 0 unspecified atom stereocenters. The summed E-state index contributed by atoms with van der Waals surface area (Å²) in [6.45, 7) is 12.1. The third-order valence-corrected chi connectivity index (χ3v) is 6.22. The van der Waals surface area contributed by atoms with Crippen molar-refractivity contribution in [1.82, 2.24) is 30.0 Å². The molecule has 0 saturated carbocycles. The van der Waals surface area contributed by atoms with Gasteiger partial charge in [0.1, 0.15) is 17.8 Å². The van der Waals surface area contributed by atoms with Gasteiger partial charge in [-0.05, 0) is 48.4 Å². The van der Waals surface area contributed by atoms with Crippen molar-refractivity contribution in [2.45, 2.75) is 86.2 Å². The molecule has 2 aromatic heterocycles. The van der Waals surface area contributed by atoms with Crippen molar-refractivity contribution in [3.63, 3.8) is 0 Å². The molecule has 0 atom stereocenters. The first kappa shape index (κ1) is 34.9. The van der Waals surface area contributed by atoms with Gasteiger partial charge in [-0.15, -0.1) is 10.2 Å². The topological polar surface area (TPSA) is 107 Å². The Morgan fingerprint density at radius 1 is 0.907 bits per heavy atom. The largest absolute Gasteiger partial charge is 0.494 e. The second-order valence-corrected chi connectivity index (χ2v) is 9.83. The Labute approximate surface area is 257 Å². The lowest BCUT2D eigenvalue weighted by atomic mass is 10.1. The first-order chi connectivity index (χ1) is 21.0. The van der Waals surface area contributed by atoms with E-state index in [0.29, 0.717) is 30.2 Å². The zero-order valence-corrected chi connectivity index (χ0v) is 26.8. The van der Waals surface area contributed by atoms with E-state index in [1.165, 1.54) is 38.4 Å². The molecule has 0 saturated heterocycles. The number of carbonyl (C=O) groups is 1. The van der Waals surface area contributed by atoms with Gasteiger partial charge in [-0.3, -0.25) is 4.79 Å². The Kier molecular flexibility index (Phi) is 16.7. The lowest BCUT2D eigenvalue weighted by Gasteiger charge is -2.11. The zero-order valence-electron chi connectivity index (χ0n) is 26.8. The molecule has 9 nitrogen and oxygen atoms in total. The molecule has 0 radical (unpaired) electrons. The average molecular weight is 588 g/mol. The van der Waals surface area contributed by atoms with E-state index in [0.717, 1.165) is 35.9 Å². The summed E-state index contributed by atoms with van der Waals surface area (Å²) in [5.74, 6) is 2.11. The predicted molar refractivity (Wildman–Crippen MR) is 175 cm³/mol. The van der Waals surface area contributed by atoms with E-state index in [-0.39, 0.29) is 5.91 Å². The highest BCUT2D eigenvalue weighted by Crippen LogP contribution is 2.17. The average Bonchev–Trinajstić information content (AvgIpc) is 3.42. The maximum Gasteiger partial charge on any atom is 0.251 e. The van der Waals surface area contributed by atoms with E-state index in [1.807, 2.05) is 67.9 Å². The SMILES string of the molecule is CC.CCC.CCCCCCCOc1cccc(CNC(=O)c2cccc(NCc3nnc(-c4ccncn4)n3C)c2)c1. The van der Waals surface area contributed by atoms with Gasteiger partial charge in [0.25, 0.3) is 5.91 Å². The van der Waals surface area contributed by atoms with Crippen LogP contribution in [0, 0.1) is 0 Å². The number of unbranched alkanes of at least 4 members (excludes halogenated alkanes) is 4. The van der Waals surface area contributed by atoms with Crippen molar-refractivity contribution in [3.05, 3.63) is 84.1 Å². The molecular weight excluding hydrogens is 538 g/mol. The molecule has 4 aromatic rings. The van der Waals surface area contributed by atoms with Gasteiger partial charge >= 0.3 is 0 Å². The second-order valence-electron chi connectivity index (χ2n) is 9.83. The van der Waals surface area contributed by atoms with Gasteiger partial charge in [0.15, 0.2) is 11.6 Å². The van der Waals surface area contributed by atoms with Crippen molar-refractivity contribution in [1.29, 1.82) is 0 Å². The molecule has 232 valence electrons. The zero-order chi connectivity index (χ0) is 31.3. The van der Waals surface area contributed by atoms with Crippen LogP contribution in [0.3, 0.4) is 0 Å². The maximum atomic E-state index is 12.8. The number of amides is 1. The van der Waals surface area contributed by atoms with Crippen molar-refractivity contribution < 1.29 is 9.53 Å². The number of hydrogen-bond donors (Lipinski definition) is 2. The summed E-state index contributed by atoms with van der Waals surface area (Å²) in [7, 11) is 1.89. The summed E-state index contributed by atoms with van der Waals surface area (Å²) in [5.41, 5.74) is 3.10. The van der Waals surface area contributed by atoms with Crippen LogP contribution in [0.4, 0.5) is 5.69 Å². The van der Waals surface area contributed by atoms with Crippen LogP contribution in [-0.4, -0.2) is 37.2 Å². The quantitative estimate of drug-likeness (QED) is 0.146. The molecule has 0 aliphatic carbocycles. The molecule has 43 heavy (non-hydrogen) atoms. The number of anilines is 1. The second kappa shape index (κ2) is 20.6. The van der Waals surface area contributed by atoms with Crippen LogP contribution in [0.5, 0.6) is 5.75 Å². The maximum absolute atomic E-state index is 12.8. The minimum atomic E-state index is -0.138. The van der Waals surface area contributed by atoms with Crippen LogP contribution in [0.15, 0.2) is 67.1 Å². The minimum absolute atomic E-state index is 0.138. The first-order valence-corrected chi connectivity index (χ1v) is 15.5. The van der Waals surface area contributed by atoms with E-state index in [9.17, 15) is 4.79 Å². The Morgan fingerprint density at radius 3 is 2.42 bits per heavy atom. The molecule has 0 aliphatic rings. The van der Waals surface area contributed by atoms with E-state index < -0.39 is 0 Å². The highest BCUT2D eigenvalue weighted by Gasteiger charge is 2.12. The van der Waals surface area contributed by atoms with E-state index in [4.69, 9.17) is 4.74 Å². The first-order valence-electron chi connectivity index (χ1n) is 15.5. The van der Waals surface area contributed by atoms with Gasteiger partial charge in [-0.25, -0.2) is 9.97 Å². The number of ether oxygens (including phenoxy) is 1. The van der Waals surface area contributed by atoms with Crippen LogP contribution >= 0.6 is 0 Å². The summed E-state index contributed by atoms with van der Waals surface area (Å²) in [5, 5.41) is 14.8. The van der Waals surface area contributed by atoms with Gasteiger partial charge in [-0.1, -0.05) is 84.9 Å². The van der Waals surface area contributed by atoms with E-state index in [1.54, 1.807) is 18.3 Å². The number of carbonyl (C=O) groups excluding carboxylic acids is 1. The lowest BCUT2D eigenvalue weighted by molar-refractivity contribution is 0.0951. The molecule has 4 rings (SSSR count). The number of rotatable bonds is 14. The summed E-state index contributed by atoms with van der Waals surface area (Å²) in [6.07, 6.45) is 10.4. The summed E-state index contributed by atoms with van der Waals surface area (Å²) in [4.78, 5) is 21.0. The fourth-order valence-corrected chi connectivity index (χ4v) is 4.04. The molecule has 0 spiro atoms. The van der Waals surface area contributed by atoms with Crippen LogP contribution in [0.2, 0.25) is 0 Å². The molecule has 0 fully saturated rings. The normalized spacial score (nSPS) is 10.1. The third-order valence-electron chi connectivity index (χ3n) is 6.22. The summed E-state index contributed by atoms with van der Waals surface area (Å²) < 4.78 is 7.78. The molecule has 0 aliphatic heterocycles. The molecule has 9 heteroatoms. The van der Waals surface area contributed by atoms with Crippen molar-refractivity contribution >= 4 is 11.6 Å². The number of nitrogens with one attached hydrogen (secondary N) is 2. The Bertz CT molecular complexity index is 1330. The molecule has 2 heterocycles. The minimum Gasteiger partial charge on any atom is -0.494 e. The van der Waals surface area contributed by atoms with Gasteiger partial charge in [0.05, 0.1) is 13.2 Å². The predicted octanol–water partition coefficient (Wildman–Crippen LogP) is 7.61. The summed E-state index contributed by atoms with van der Waals surface area (Å²) >= 11 is 0. The third kappa shape index (κ3) is 12.2. The monoisotopic (exact) mass is 587 g/mol. The smallest absolute Gasteiger partial charge is 0.251 e. The van der Waals surface area contributed by atoms with E-state index in [2.05, 4.69) is 51.6 Å². The van der Waals surface area contributed by atoms with Crippen LogP contribution < -0.4 is 15.4 Å². The number of benzene rings is 2. The molecule has 0 bridgehead atoms. The fraction of sp³-hybridized carbons (Fsp3) is 0.441. The van der Waals surface area contributed by atoms with Crippen LogP contribution in [-0.2, 0) is 20.1 Å². The van der Waals surface area contributed by atoms with Gasteiger partial charge in [0, 0.05) is 31.0 Å². The molecule has 2 N–H and O–H groups in total.